The van der Waals surface area contributed by atoms with Crippen LogP contribution in [0.25, 0.3) is 11.3 Å². The number of unbranched alkanes of at least 4 members (excludes halogenated alkanes) is 1. The Balaban J connectivity index is 1.49. The van der Waals surface area contributed by atoms with Crippen molar-refractivity contribution in [3.63, 3.8) is 0 Å². The second-order valence-electron chi connectivity index (χ2n) is 9.38. The zero-order valence-corrected chi connectivity index (χ0v) is 21.7. The molecule has 1 aliphatic rings. The lowest BCUT2D eigenvalue weighted by atomic mass is 9.96. The number of ether oxygens (including phenoxy) is 2. The smallest absolute Gasteiger partial charge is 0.231 e. The Morgan fingerprint density at radius 3 is 2.51 bits per heavy atom. The van der Waals surface area contributed by atoms with Crippen LogP contribution in [0.1, 0.15) is 42.0 Å². The number of phenols is 1. The number of halogens is 1. The Morgan fingerprint density at radius 2 is 1.70 bits per heavy atom. The predicted octanol–water partition coefficient (Wildman–Crippen LogP) is 7.38. The minimum atomic E-state index is 0.166. The van der Waals surface area contributed by atoms with E-state index in [1.54, 1.807) is 12.1 Å². The monoisotopic (exact) mass is 514 g/mol. The van der Waals surface area contributed by atoms with Crippen molar-refractivity contribution in [3.05, 3.63) is 106 Å². The van der Waals surface area contributed by atoms with Crippen molar-refractivity contribution in [2.75, 3.05) is 6.79 Å². The number of aromatic nitrogens is 1. The third-order valence-corrected chi connectivity index (χ3v) is 7.00. The van der Waals surface area contributed by atoms with Gasteiger partial charge in [-0.3, -0.25) is 9.88 Å². The van der Waals surface area contributed by atoms with Gasteiger partial charge in [-0.15, -0.1) is 0 Å². The Labute approximate surface area is 223 Å². The van der Waals surface area contributed by atoms with E-state index in [4.69, 9.17) is 26.1 Å². The highest BCUT2D eigenvalue weighted by Gasteiger charge is 2.19. The maximum Gasteiger partial charge on any atom is 0.231 e. The van der Waals surface area contributed by atoms with Crippen molar-refractivity contribution in [1.29, 1.82) is 0 Å². The summed E-state index contributed by atoms with van der Waals surface area (Å²) in [7, 11) is 0. The lowest BCUT2D eigenvalue weighted by Crippen LogP contribution is -2.23. The molecular weight excluding hydrogens is 484 g/mol. The van der Waals surface area contributed by atoms with Crippen LogP contribution in [0, 0.1) is 0 Å². The second kappa shape index (κ2) is 11.7. The second-order valence-corrected chi connectivity index (χ2v) is 9.78. The van der Waals surface area contributed by atoms with E-state index in [2.05, 4.69) is 48.2 Å². The van der Waals surface area contributed by atoms with E-state index in [-0.39, 0.29) is 12.5 Å². The summed E-state index contributed by atoms with van der Waals surface area (Å²) >= 11 is 6.53. The van der Waals surface area contributed by atoms with E-state index in [1.807, 2.05) is 30.5 Å². The van der Waals surface area contributed by atoms with Crippen LogP contribution in [0.3, 0.4) is 0 Å². The summed E-state index contributed by atoms with van der Waals surface area (Å²) in [6.07, 6.45) is 5.11. The molecule has 3 aromatic carbocycles. The number of hydrogen-bond acceptors (Lipinski definition) is 5. The van der Waals surface area contributed by atoms with Crippen molar-refractivity contribution in [3.8, 4) is 28.5 Å². The third-order valence-electron chi connectivity index (χ3n) is 6.65. The molecule has 2 heterocycles. The molecule has 6 heteroatoms. The summed E-state index contributed by atoms with van der Waals surface area (Å²) in [5.41, 5.74) is 6.84. The molecule has 0 amide bonds. The molecule has 5 nitrogen and oxygen atoms in total. The van der Waals surface area contributed by atoms with E-state index in [9.17, 15) is 5.11 Å². The summed E-state index contributed by atoms with van der Waals surface area (Å²) in [5, 5.41) is 10.4. The number of fused-ring (bicyclic) bond motifs is 1. The molecular formula is C31H31ClN2O3. The van der Waals surface area contributed by atoms with Gasteiger partial charge in [0.25, 0.3) is 0 Å². The maximum atomic E-state index is 9.86. The number of aromatic hydroxyl groups is 1. The summed E-state index contributed by atoms with van der Waals surface area (Å²) in [6, 6.07) is 23.8. The first kappa shape index (κ1) is 25.1. The molecule has 0 saturated carbocycles. The van der Waals surface area contributed by atoms with Gasteiger partial charge < -0.3 is 14.6 Å². The number of benzene rings is 3. The van der Waals surface area contributed by atoms with Crippen molar-refractivity contribution in [2.45, 2.75) is 45.8 Å². The Hall–Kier alpha value is -3.54. The number of pyridine rings is 1. The van der Waals surface area contributed by atoms with Crippen molar-refractivity contribution >= 4 is 11.6 Å². The van der Waals surface area contributed by atoms with Gasteiger partial charge in [0, 0.05) is 36.4 Å². The lowest BCUT2D eigenvalue weighted by molar-refractivity contribution is 0.174. The van der Waals surface area contributed by atoms with Crippen LogP contribution in [-0.4, -0.2) is 21.8 Å². The summed E-state index contributed by atoms with van der Waals surface area (Å²) in [4.78, 5) is 7.17. The standard InChI is InChI=1S/C31H31ClN2O3/c1-2-3-9-27-24(14-15-33-31(27)23-7-5-4-6-8-23)19-34(20-25-11-12-26(35)17-28(25)32)18-22-10-13-29-30(16-22)37-21-36-29/h4-8,10-17,35H,2-3,9,18-21H2,1H3. The van der Waals surface area contributed by atoms with Gasteiger partial charge in [0.05, 0.1) is 5.69 Å². The predicted molar refractivity (Wildman–Crippen MR) is 147 cm³/mol. The molecule has 0 fully saturated rings. The fourth-order valence-corrected chi connectivity index (χ4v) is 5.00. The highest BCUT2D eigenvalue weighted by atomic mass is 35.5. The molecule has 0 bridgehead atoms. The summed E-state index contributed by atoms with van der Waals surface area (Å²) < 4.78 is 11.1. The van der Waals surface area contributed by atoms with E-state index < -0.39 is 0 Å². The molecule has 190 valence electrons. The molecule has 5 rings (SSSR count). The van der Waals surface area contributed by atoms with Crippen LogP contribution >= 0.6 is 11.6 Å². The molecule has 0 aliphatic carbocycles. The summed E-state index contributed by atoms with van der Waals surface area (Å²) in [6.45, 7) is 4.53. The highest BCUT2D eigenvalue weighted by molar-refractivity contribution is 6.31. The molecule has 0 unspecified atom stereocenters. The van der Waals surface area contributed by atoms with Gasteiger partial charge in [-0.1, -0.05) is 67.4 Å². The largest absolute Gasteiger partial charge is 0.508 e. The van der Waals surface area contributed by atoms with Gasteiger partial charge in [0.15, 0.2) is 11.5 Å². The van der Waals surface area contributed by atoms with Gasteiger partial charge in [-0.2, -0.15) is 0 Å². The summed E-state index contributed by atoms with van der Waals surface area (Å²) in [5.74, 6) is 1.72. The molecule has 37 heavy (non-hydrogen) atoms. The number of nitrogens with zero attached hydrogens (tertiary/aromatic N) is 2. The fourth-order valence-electron chi connectivity index (χ4n) is 4.77. The Bertz CT molecular complexity index is 1360. The van der Waals surface area contributed by atoms with E-state index in [1.165, 1.54) is 11.1 Å². The van der Waals surface area contributed by atoms with Crippen LogP contribution in [0.5, 0.6) is 17.2 Å². The molecule has 1 N–H and O–H groups in total. The Morgan fingerprint density at radius 1 is 0.892 bits per heavy atom. The first-order valence-electron chi connectivity index (χ1n) is 12.7. The van der Waals surface area contributed by atoms with Gasteiger partial charge in [-0.25, -0.2) is 0 Å². The first-order valence-corrected chi connectivity index (χ1v) is 13.1. The number of hydrogen-bond donors (Lipinski definition) is 1. The molecule has 0 atom stereocenters. The highest BCUT2D eigenvalue weighted by Crippen LogP contribution is 2.34. The van der Waals surface area contributed by atoms with Gasteiger partial charge in [-0.05, 0) is 65.4 Å². The molecule has 0 saturated heterocycles. The van der Waals surface area contributed by atoms with E-state index >= 15 is 0 Å². The minimum Gasteiger partial charge on any atom is -0.508 e. The quantitative estimate of drug-likeness (QED) is 0.239. The Kier molecular flexibility index (Phi) is 7.93. The van der Waals surface area contributed by atoms with Crippen molar-refractivity contribution < 1.29 is 14.6 Å². The van der Waals surface area contributed by atoms with Crippen molar-refractivity contribution in [1.82, 2.24) is 9.88 Å². The lowest BCUT2D eigenvalue weighted by Gasteiger charge is -2.25. The van der Waals surface area contributed by atoms with E-state index in [0.29, 0.717) is 18.1 Å². The fraction of sp³-hybridized carbons (Fsp3) is 0.258. The van der Waals surface area contributed by atoms with Gasteiger partial charge in [0.2, 0.25) is 6.79 Å². The van der Waals surface area contributed by atoms with Crippen LogP contribution < -0.4 is 9.47 Å². The third kappa shape index (κ3) is 6.07. The van der Waals surface area contributed by atoms with Crippen LogP contribution in [0.15, 0.2) is 79.0 Å². The average molecular weight is 515 g/mol. The molecule has 0 radical (unpaired) electrons. The topological polar surface area (TPSA) is 54.8 Å². The van der Waals surface area contributed by atoms with Gasteiger partial charge >= 0.3 is 0 Å². The van der Waals surface area contributed by atoms with Gasteiger partial charge in [0.1, 0.15) is 5.75 Å². The minimum absolute atomic E-state index is 0.166. The molecule has 4 aromatic rings. The SMILES string of the molecule is CCCCc1c(CN(Cc2ccc3c(c2)OCO3)Cc2ccc(O)cc2Cl)ccnc1-c1ccccc1. The maximum absolute atomic E-state index is 9.86. The van der Waals surface area contributed by atoms with Crippen molar-refractivity contribution in [2.24, 2.45) is 0 Å². The van der Waals surface area contributed by atoms with Crippen LogP contribution in [0.2, 0.25) is 5.02 Å². The zero-order valence-electron chi connectivity index (χ0n) is 21.0. The molecule has 1 aliphatic heterocycles. The number of phenolic OH excluding ortho intramolecular Hbond substituents is 1. The zero-order chi connectivity index (χ0) is 25.6. The van der Waals surface area contributed by atoms with Crippen LogP contribution in [0.4, 0.5) is 0 Å². The van der Waals surface area contributed by atoms with Crippen LogP contribution in [-0.2, 0) is 26.1 Å². The molecule has 0 spiro atoms. The number of rotatable bonds is 10. The average Bonchev–Trinajstić information content (AvgIpc) is 3.38. The molecule has 1 aromatic heterocycles. The normalized spacial score (nSPS) is 12.3. The van der Waals surface area contributed by atoms with E-state index in [0.717, 1.165) is 59.7 Å². The first-order chi connectivity index (χ1) is 18.1.